The topological polar surface area (TPSA) is 84.4 Å². The number of piperidine rings is 1. The molecule has 1 aliphatic heterocycles. The summed E-state index contributed by atoms with van der Waals surface area (Å²) in [5, 5.41) is 13.9. The number of likely N-dealkylation sites (tertiary alicyclic amines) is 1. The molecule has 0 radical (unpaired) electrons. The first kappa shape index (κ1) is 18.6. The zero-order valence-corrected chi connectivity index (χ0v) is 16.6. The van der Waals surface area contributed by atoms with E-state index in [4.69, 9.17) is 4.52 Å². The first-order valence-electron chi connectivity index (χ1n) is 10.1. The molecule has 1 aliphatic carbocycles. The number of carbonyl (C=O) groups is 1. The van der Waals surface area contributed by atoms with Crippen LogP contribution in [0.4, 0.5) is 0 Å². The smallest absolute Gasteiger partial charge is 0.209 e. The van der Waals surface area contributed by atoms with Crippen molar-refractivity contribution in [1.82, 2.24) is 19.6 Å². The molecule has 152 valence electrons. The third-order valence-corrected chi connectivity index (χ3v) is 5.94. The van der Waals surface area contributed by atoms with Gasteiger partial charge in [0, 0.05) is 48.6 Å². The Hall–Kier alpha value is -3.37. The molecule has 5 rings (SSSR count). The number of benzene rings is 1. The van der Waals surface area contributed by atoms with Crippen molar-refractivity contribution in [2.24, 2.45) is 17.8 Å². The Labute approximate surface area is 174 Å². The number of hydrogen-bond acceptors (Lipinski definition) is 5. The van der Waals surface area contributed by atoms with E-state index in [-0.39, 0.29) is 0 Å². The van der Waals surface area contributed by atoms with Gasteiger partial charge in [-0.2, -0.15) is 0 Å². The van der Waals surface area contributed by atoms with Gasteiger partial charge in [-0.3, -0.25) is 4.79 Å². The lowest BCUT2D eigenvalue weighted by Crippen LogP contribution is -2.22. The van der Waals surface area contributed by atoms with Crippen molar-refractivity contribution in [2.75, 3.05) is 13.1 Å². The average molecular weight is 402 g/mol. The van der Waals surface area contributed by atoms with Crippen LogP contribution in [0.1, 0.15) is 30.1 Å². The Morgan fingerprint density at radius 3 is 2.77 bits per heavy atom. The highest BCUT2D eigenvalue weighted by atomic mass is 16.5. The van der Waals surface area contributed by atoms with Gasteiger partial charge >= 0.3 is 0 Å². The Bertz CT molecular complexity index is 1110. The van der Waals surface area contributed by atoms with Gasteiger partial charge in [-0.1, -0.05) is 17.0 Å². The van der Waals surface area contributed by atoms with Crippen molar-refractivity contribution in [3.63, 3.8) is 0 Å². The van der Waals surface area contributed by atoms with Crippen LogP contribution < -0.4 is 0 Å². The number of hydrogen-bond donors (Lipinski definition) is 1. The van der Waals surface area contributed by atoms with E-state index in [9.17, 15) is 9.90 Å². The molecule has 1 amide bonds. The number of amides is 1. The molecule has 1 saturated heterocycles. The fourth-order valence-corrected chi connectivity index (χ4v) is 4.26. The molecule has 1 saturated carbocycles. The Balaban J connectivity index is 1.23. The third kappa shape index (κ3) is 3.51. The number of carbonyl (C=O) groups excluding carboxylic acids is 1. The number of nitrogens with zero attached hydrogens (tertiary/aromatic N) is 4. The van der Waals surface area contributed by atoms with Gasteiger partial charge in [0.2, 0.25) is 6.41 Å². The zero-order valence-electron chi connectivity index (χ0n) is 16.6. The van der Waals surface area contributed by atoms with E-state index in [1.807, 2.05) is 46.0 Å². The largest absolute Gasteiger partial charge is 0.385 e. The Morgan fingerprint density at radius 2 is 2.07 bits per heavy atom. The van der Waals surface area contributed by atoms with Crippen molar-refractivity contribution in [1.29, 1.82) is 0 Å². The van der Waals surface area contributed by atoms with Crippen LogP contribution in [-0.2, 0) is 11.3 Å². The van der Waals surface area contributed by atoms with E-state index >= 15 is 0 Å². The van der Waals surface area contributed by atoms with Gasteiger partial charge < -0.3 is 19.1 Å². The normalized spacial score (nSPS) is 22.9. The maximum atomic E-state index is 10.8. The molecule has 2 fully saturated rings. The second kappa shape index (κ2) is 7.47. The summed E-state index contributed by atoms with van der Waals surface area (Å²) < 4.78 is 7.36. The summed E-state index contributed by atoms with van der Waals surface area (Å²) in [6, 6.07) is 9.84. The molecule has 7 heteroatoms. The molecule has 1 aromatic carbocycles. The highest BCUT2D eigenvalue weighted by Gasteiger charge is 2.54. The molecule has 7 nitrogen and oxygen atoms in total. The van der Waals surface area contributed by atoms with Crippen LogP contribution in [0.25, 0.3) is 11.3 Å². The Morgan fingerprint density at radius 1 is 1.30 bits per heavy atom. The SMILES string of the molecule is C[C@H](O)c1nccn1Cc1cc(-c2ccc(C#CC3C4CN(C=O)C[C@@H]34)cc2)on1. The van der Waals surface area contributed by atoms with Gasteiger partial charge in [0.15, 0.2) is 5.76 Å². The first-order valence-corrected chi connectivity index (χ1v) is 10.1. The number of rotatable bonds is 5. The number of aromatic nitrogens is 3. The Kier molecular flexibility index (Phi) is 4.64. The monoisotopic (exact) mass is 402 g/mol. The zero-order chi connectivity index (χ0) is 20.7. The van der Waals surface area contributed by atoms with Crippen LogP contribution in [0, 0.1) is 29.6 Å². The predicted octanol–water partition coefficient (Wildman–Crippen LogP) is 2.33. The quantitative estimate of drug-likeness (QED) is 0.523. The van der Waals surface area contributed by atoms with E-state index in [0.717, 1.165) is 36.3 Å². The number of aliphatic hydroxyl groups excluding tert-OH is 1. The average Bonchev–Trinajstić information content (AvgIpc) is 3.25. The minimum absolute atomic E-state index is 0.424. The molecular formula is C23H22N4O3. The number of imidazole rings is 1. The molecule has 30 heavy (non-hydrogen) atoms. The van der Waals surface area contributed by atoms with Gasteiger partial charge in [-0.15, -0.1) is 0 Å². The number of aliphatic hydroxyl groups is 1. The summed E-state index contributed by atoms with van der Waals surface area (Å²) in [4.78, 5) is 16.8. The van der Waals surface area contributed by atoms with Crippen LogP contribution in [0.2, 0.25) is 0 Å². The highest BCUT2D eigenvalue weighted by molar-refractivity contribution is 5.59. The minimum Gasteiger partial charge on any atom is -0.385 e. The number of fused-ring (bicyclic) bond motifs is 1. The van der Waals surface area contributed by atoms with Gasteiger partial charge in [0.1, 0.15) is 17.6 Å². The van der Waals surface area contributed by atoms with Crippen molar-refractivity contribution in [3.8, 4) is 23.2 Å². The maximum Gasteiger partial charge on any atom is 0.209 e. The maximum absolute atomic E-state index is 10.8. The van der Waals surface area contributed by atoms with Crippen molar-refractivity contribution >= 4 is 6.41 Å². The summed E-state index contributed by atoms with van der Waals surface area (Å²) >= 11 is 0. The summed E-state index contributed by atoms with van der Waals surface area (Å²) in [7, 11) is 0. The van der Waals surface area contributed by atoms with Gasteiger partial charge in [-0.25, -0.2) is 4.98 Å². The molecule has 3 aromatic rings. The molecule has 2 unspecified atom stereocenters. The lowest BCUT2D eigenvalue weighted by molar-refractivity contribution is -0.117. The lowest BCUT2D eigenvalue weighted by Gasteiger charge is -2.10. The van der Waals surface area contributed by atoms with E-state index in [2.05, 4.69) is 22.0 Å². The van der Waals surface area contributed by atoms with Gasteiger partial charge in [0.25, 0.3) is 0 Å². The fourth-order valence-electron chi connectivity index (χ4n) is 4.26. The first-order chi connectivity index (χ1) is 14.6. The van der Waals surface area contributed by atoms with E-state index in [0.29, 0.717) is 35.9 Å². The van der Waals surface area contributed by atoms with E-state index in [1.54, 1.807) is 13.1 Å². The summed E-state index contributed by atoms with van der Waals surface area (Å²) in [5.74, 6) is 9.45. The fraction of sp³-hybridized carbons (Fsp3) is 0.348. The van der Waals surface area contributed by atoms with Crippen LogP contribution in [0.15, 0.2) is 47.2 Å². The molecule has 2 aromatic heterocycles. The predicted molar refractivity (Wildman–Crippen MR) is 109 cm³/mol. The van der Waals surface area contributed by atoms with E-state index in [1.165, 1.54) is 0 Å². The van der Waals surface area contributed by atoms with Crippen LogP contribution in [-0.4, -0.2) is 44.2 Å². The summed E-state index contributed by atoms with van der Waals surface area (Å²) in [5.41, 5.74) is 2.67. The molecule has 2 aliphatic rings. The van der Waals surface area contributed by atoms with Crippen molar-refractivity contribution in [3.05, 3.63) is 59.8 Å². The molecule has 4 atom stereocenters. The van der Waals surface area contributed by atoms with Gasteiger partial charge in [-0.05, 0) is 43.0 Å². The third-order valence-electron chi connectivity index (χ3n) is 5.94. The molecule has 3 heterocycles. The second-order valence-electron chi connectivity index (χ2n) is 8.03. The summed E-state index contributed by atoms with van der Waals surface area (Å²) in [6.07, 6.45) is 3.77. The highest BCUT2D eigenvalue weighted by Crippen LogP contribution is 2.50. The summed E-state index contributed by atoms with van der Waals surface area (Å²) in [6.45, 7) is 3.86. The molecule has 0 spiro atoms. The van der Waals surface area contributed by atoms with Crippen LogP contribution in [0.3, 0.4) is 0 Å². The van der Waals surface area contributed by atoms with Crippen LogP contribution in [0.5, 0.6) is 0 Å². The van der Waals surface area contributed by atoms with E-state index < -0.39 is 6.10 Å². The second-order valence-corrected chi connectivity index (χ2v) is 8.03. The van der Waals surface area contributed by atoms with Crippen LogP contribution >= 0.6 is 0 Å². The lowest BCUT2D eigenvalue weighted by atomic mass is 10.1. The molecule has 0 bridgehead atoms. The molecular weight excluding hydrogens is 380 g/mol. The van der Waals surface area contributed by atoms with Gasteiger partial charge in [0.05, 0.1) is 6.54 Å². The minimum atomic E-state index is -0.640. The standard InChI is InChI=1S/C23H22N4O3/c1-15(29)23-24-8-9-27(23)11-18-10-22(30-25-18)17-5-2-16(3-6-17)4-7-19-20-12-26(14-28)13-21(19)20/h2-3,5-6,8-10,14-15,19-21,29H,11-13H2,1H3/t15-,19?,20-,21?/m0/s1. The molecule has 1 N–H and O–H groups in total. The van der Waals surface area contributed by atoms with Crippen molar-refractivity contribution < 1.29 is 14.4 Å². The van der Waals surface area contributed by atoms with Crippen molar-refractivity contribution in [2.45, 2.75) is 19.6 Å².